The standard InChI is InChI=1S/C11H23NO2/c1-3-5-6-10(12-4-2)9-11-13-7-8-14-11/h10-12H,3-9H2,1-2H3. The van der Waals surface area contributed by atoms with Crippen molar-refractivity contribution < 1.29 is 9.47 Å². The lowest BCUT2D eigenvalue weighted by molar-refractivity contribution is -0.0531. The van der Waals surface area contributed by atoms with E-state index in [1.807, 2.05) is 0 Å². The predicted molar refractivity (Wildman–Crippen MR) is 57.3 cm³/mol. The highest BCUT2D eigenvalue weighted by molar-refractivity contribution is 4.69. The Balaban J connectivity index is 2.18. The monoisotopic (exact) mass is 201 g/mol. The van der Waals surface area contributed by atoms with Crippen LogP contribution in [0.5, 0.6) is 0 Å². The molecule has 0 radical (unpaired) electrons. The van der Waals surface area contributed by atoms with Gasteiger partial charge in [0.1, 0.15) is 0 Å². The van der Waals surface area contributed by atoms with Gasteiger partial charge in [0, 0.05) is 12.5 Å². The molecule has 1 unspecified atom stereocenters. The lowest BCUT2D eigenvalue weighted by Gasteiger charge is -2.20. The number of hydrogen-bond acceptors (Lipinski definition) is 3. The first-order valence-electron chi connectivity index (χ1n) is 5.83. The van der Waals surface area contributed by atoms with E-state index >= 15 is 0 Å². The van der Waals surface area contributed by atoms with Crippen molar-refractivity contribution in [3.8, 4) is 0 Å². The third-order valence-electron chi connectivity index (χ3n) is 2.57. The minimum absolute atomic E-state index is 0.0379. The molecule has 0 aromatic rings. The summed E-state index contributed by atoms with van der Waals surface area (Å²) in [5.41, 5.74) is 0. The zero-order valence-electron chi connectivity index (χ0n) is 9.42. The number of ether oxygens (including phenoxy) is 2. The fourth-order valence-electron chi connectivity index (χ4n) is 1.82. The second-order valence-electron chi connectivity index (χ2n) is 3.80. The zero-order valence-corrected chi connectivity index (χ0v) is 9.42. The van der Waals surface area contributed by atoms with E-state index < -0.39 is 0 Å². The van der Waals surface area contributed by atoms with Crippen molar-refractivity contribution in [2.45, 2.75) is 51.9 Å². The van der Waals surface area contributed by atoms with Crippen molar-refractivity contribution in [2.75, 3.05) is 19.8 Å². The molecular formula is C11H23NO2. The molecule has 1 heterocycles. The summed E-state index contributed by atoms with van der Waals surface area (Å²) >= 11 is 0. The SMILES string of the molecule is CCCCC(CC1OCCO1)NCC. The van der Waals surface area contributed by atoms with E-state index in [1.54, 1.807) is 0 Å². The highest BCUT2D eigenvalue weighted by atomic mass is 16.7. The van der Waals surface area contributed by atoms with Crippen molar-refractivity contribution in [1.29, 1.82) is 0 Å². The molecule has 0 aromatic carbocycles. The molecule has 1 aliphatic rings. The van der Waals surface area contributed by atoms with Crippen LogP contribution in [0.25, 0.3) is 0 Å². The summed E-state index contributed by atoms with van der Waals surface area (Å²) in [6.07, 6.45) is 4.80. The summed E-state index contributed by atoms with van der Waals surface area (Å²) in [5, 5.41) is 3.48. The van der Waals surface area contributed by atoms with Crippen molar-refractivity contribution in [3.05, 3.63) is 0 Å². The van der Waals surface area contributed by atoms with Crippen LogP contribution in [0.2, 0.25) is 0 Å². The van der Waals surface area contributed by atoms with Crippen molar-refractivity contribution >= 4 is 0 Å². The Morgan fingerprint density at radius 2 is 2.00 bits per heavy atom. The number of nitrogens with one attached hydrogen (secondary N) is 1. The van der Waals surface area contributed by atoms with Crippen molar-refractivity contribution in [3.63, 3.8) is 0 Å². The number of unbranched alkanes of at least 4 members (excludes halogenated alkanes) is 1. The summed E-state index contributed by atoms with van der Waals surface area (Å²) in [6, 6.07) is 0.558. The van der Waals surface area contributed by atoms with E-state index in [0.29, 0.717) is 6.04 Å². The maximum Gasteiger partial charge on any atom is 0.159 e. The summed E-state index contributed by atoms with van der Waals surface area (Å²) in [4.78, 5) is 0. The molecule has 84 valence electrons. The van der Waals surface area contributed by atoms with Gasteiger partial charge in [-0.1, -0.05) is 26.7 Å². The van der Waals surface area contributed by atoms with Gasteiger partial charge in [-0.2, -0.15) is 0 Å². The van der Waals surface area contributed by atoms with Gasteiger partial charge >= 0.3 is 0 Å². The number of rotatable bonds is 7. The summed E-state index contributed by atoms with van der Waals surface area (Å²) in [6.45, 7) is 6.93. The predicted octanol–water partition coefficient (Wildman–Crippen LogP) is 1.92. The fourth-order valence-corrected chi connectivity index (χ4v) is 1.82. The Morgan fingerprint density at radius 1 is 1.29 bits per heavy atom. The molecule has 1 fully saturated rings. The molecule has 1 saturated heterocycles. The molecule has 14 heavy (non-hydrogen) atoms. The first-order valence-corrected chi connectivity index (χ1v) is 5.83. The summed E-state index contributed by atoms with van der Waals surface area (Å²) in [7, 11) is 0. The largest absolute Gasteiger partial charge is 0.350 e. The first kappa shape index (κ1) is 12.0. The molecular weight excluding hydrogens is 178 g/mol. The van der Waals surface area contributed by atoms with Crippen LogP contribution in [0, 0.1) is 0 Å². The van der Waals surface area contributed by atoms with Crippen LogP contribution in [0.3, 0.4) is 0 Å². The minimum Gasteiger partial charge on any atom is -0.350 e. The molecule has 0 amide bonds. The van der Waals surface area contributed by atoms with Crippen molar-refractivity contribution in [2.24, 2.45) is 0 Å². The van der Waals surface area contributed by atoms with Crippen LogP contribution >= 0.6 is 0 Å². The highest BCUT2D eigenvalue weighted by Crippen LogP contribution is 2.14. The molecule has 0 spiro atoms. The van der Waals surface area contributed by atoms with E-state index in [9.17, 15) is 0 Å². The van der Waals surface area contributed by atoms with Gasteiger partial charge < -0.3 is 14.8 Å². The first-order chi connectivity index (χ1) is 6.86. The molecule has 0 bridgehead atoms. The summed E-state index contributed by atoms with van der Waals surface area (Å²) < 4.78 is 10.9. The average molecular weight is 201 g/mol. The van der Waals surface area contributed by atoms with E-state index in [-0.39, 0.29) is 6.29 Å². The lowest BCUT2D eigenvalue weighted by Crippen LogP contribution is -2.32. The van der Waals surface area contributed by atoms with E-state index in [2.05, 4.69) is 19.2 Å². The highest BCUT2D eigenvalue weighted by Gasteiger charge is 2.20. The second-order valence-corrected chi connectivity index (χ2v) is 3.80. The molecule has 1 rings (SSSR count). The van der Waals surface area contributed by atoms with Gasteiger partial charge in [0.2, 0.25) is 0 Å². The Kier molecular flexibility index (Phi) is 6.15. The second kappa shape index (κ2) is 7.21. The Hall–Kier alpha value is -0.120. The smallest absolute Gasteiger partial charge is 0.159 e. The van der Waals surface area contributed by atoms with Crippen LogP contribution in [0.1, 0.15) is 39.5 Å². The Morgan fingerprint density at radius 3 is 2.57 bits per heavy atom. The number of hydrogen-bond donors (Lipinski definition) is 1. The lowest BCUT2D eigenvalue weighted by atomic mass is 10.1. The van der Waals surface area contributed by atoms with Gasteiger partial charge in [0.25, 0.3) is 0 Å². The average Bonchev–Trinajstić information content (AvgIpc) is 2.67. The van der Waals surface area contributed by atoms with Gasteiger partial charge in [-0.05, 0) is 13.0 Å². The van der Waals surface area contributed by atoms with Crippen LogP contribution in [-0.4, -0.2) is 32.1 Å². The molecule has 1 aliphatic heterocycles. The van der Waals surface area contributed by atoms with Crippen LogP contribution in [0.15, 0.2) is 0 Å². The van der Waals surface area contributed by atoms with Crippen LogP contribution in [-0.2, 0) is 9.47 Å². The summed E-state index contributed by atoms with van der Waals surface area (Å²) in [5.74, 6) is 0. The van der Waals surface area contributed by atoms with Gasteiger partial charge in [-0.25, -0.2) is 0 Å². The molecule has 0 aliphatic carbocycles. The maximum atomic E-state index is 5.45. The van der Waals surface area contributed by atoms with E-state index in [1.165, 1.54) is 19.3 Å². The van der Waals surface area contributed by atoms with Gasteiger partial charge in [0.15, 0.2) is 6.29 Å². The van der Waals surface area contributed by atoms with Crippen molar-refractivity contribution in [1.82, 2.24) is 5.32 Å². The molecule has 0 saturated carbocycles. The molecule has 0 aromatic heterocycles. The zero-order chi connectivity index (χ0) is 10.2. The Bertz CT molecular complexity index is 135. The van der Waals surface area contributed by atoms with Gasteiger partial charge in [-0.3, -0.25) is 0 Å². The van der Waals surface area contributed by atoms with Crippen LogP contribution in [0.4, 0.5) is 0 Å². The molecule has 3 nitrogen and oxygen atoms in total. The third kappa shape index (κ3) is 4.40. The maximum absolute atomic E-state index is 5.45. The van der Waals surface area contributed by atoms with Gasteiger partial charge in [-0.15, -0.1) is 0 Å². The fraction of sp³-hybridized carbons (Fsp3) is 1.00. The topological polar surface area (TPSA) is 30.5 Å². The van der Waals surface area contributed by atoms with Crippen LogP contribution < -0.4 is 5.32 Å². The molecule has 1 N–H and O–H groups in total. The molecule has 3 heteroatoms. The van der Waals surface area contributed by atoms with E-state index in [4.69, 9.17) is 9.47 Å². The Labute approximate surface area is 87.2 Å². The normalized spacial score (nSPS) is 20.1. The van der Waals surface area contributed by atoms with E-state index in [0.717, 1.165) is 26.2 Å². The molecule has 1 atom stereocenters. The van der Waals surface area contributed by atoms with Gasteiger partial charge in [0.05, 0.1) is 13.2 Å². The third-order valence-corrected chi connectivity index (χ3v) is 2.57. The minimum atomic E-state index is 0.0379. The quantitative estimate of drug-likeness (QED) is 0.682.